The van der Waals surface area contributed by atoms with Crippen LogP contribution >= 0.6 is 0 Å². The third kappa shape index (κ3) is 4.79. The zero-order valence-corrected chi connectivity index (χ0v) is 18.4. The summed E-state index contributed by atoms with van der Waals surface area (Å²) in [6.45, 7) is 5.47. The van der Waals surface area contributed by atoms with Gasteiger partial charge in [-0.3, -0.25) is 9.78 Å². The Kier molecular flexibility index (Phi) is 6.35. The normalized spacial score (nSPS) is 16.4. The first kappa shape index (κ1) is 21.1. The first-order chi connectivity index (χ1) is 15.1. The van der Waals surface area contributed by atoms with Gasteiger partial charge in [0.2, 0.25) is 0 Å². The van der Waals surface area contributed by atoms with Gasteiger partial charge >= 0.3 is 0 Å². The molecule has 1 amide bonds. The van der Waals surface area contributed by atoms with Crippen molar-refractivity contribution in [1.29, 1.82) is 0 Å². The van der Waals surface area contributed by atoms with E-state index < -0.39 is 0 Å². The highest BCUT2D eigenvalue weighted by Gasteiger charge is 2.28. The summed E-state index contributed by atoms with van der Waals surface area (Å²) in [5, 5.41) is 4.00. The molecule has 0 aliphatic carbocycles. The standard InChI is InChI=1S/C25H29N3O3/c1-4-7-22-15-24(27-31-22)25(29)28-11-6-9-19(16-28)23-14-20(12-17(2)26-23)18-8-5-10-21(13-18)30-3/h5,8,10,12-15,19H,4,6-7,9,11,16H2,1-3H3/t19-/m0/s1. The van der Waals surface area contributed by atoms with Crippen molar-refractivity contribution >= 4 is 5.91 Å². The topological polar surface area (TPSA) is 68.5 Å². The highest BCUT2D eigenvalue weighted by Crippen LogP contribution is 2.31. The number of pyridine rings is 1. The fourth-order valence-electron chi connectivity index (χ4n) is 4.22. The molecule has 6 nitrogen and oxygen atoms in total. The summed E-state index contributed by atoms with van der Waals surface area (Å²) in [5.74, 6) is 1.74. The lowest BCUT2D eigenvalue weighted by molar-refractivity contribution is 0.0695. The largest absolute Gasteiger partial charge is 0.497 e. The van der Waals surface area contributed by atoms with Gasteiger partial charge in [-0.25, -0.2) is 0 Å². The van der Waals surface area contributed by atoms with Gasteiger partial charge in [0.25, 0.3) is 5.91 Å². The number of carbonyl (C=O) groups excluding carboxylic acids is 1. The molecule has 0 radical (unpaired) electrons. The third-order valence-electron chi connectivity index (χ3n) is 5.78. The fraction of sp³-hybridized carbons (Fsp3) is 0.400. The van der Waals surface area contributed by atoms with E-state index in [1.54, 1.807) is 13.2 Å². The fourth-order valence-corrected chi connectivity index (χ4v) is 4.22. The Morgan fingerprint density at radius 3 is 2.90 bits per heavy atom. The molecule has 1 aliphatic heterocycles. The summed E-state index contributed by atoms with van der Waals surface area (Å²) in [5.41, 5.74) is 4.62. The monoisotopic (exact) mass is 419 g/mol. The predicted octanol–water partition coefficient (Wildman–Crippen LogP) is 5.03. The van der Waals surface area contributed by atoms with Gasteiger partial charge < -0.3 is 14.2 Å². The number of ether oxygens (including phenoxy) is 1. The number of piperidine rings is 1. The Labute approximate surface area is 183 Å². The van der Waals surface area contributed by atoms with Gasteiger partial charge in [0.15, 0.2) is 5.69 Å². The highest BCUT2D eigenvalue weighted by molar-refractivity contribution is 5.92. The Bertz CT molecular complexity index is 1060. The smallest absolute Gasteiger partial charge is 0.276 e. The van der Waals surface area contributed by atoms with Gasteiger partial charge in [-0.1, -0.05) is 24.2 Å². The number of carbonyl (C=O) groups is 1. The van der Waals surface area contributed by atoms with Crippen LogP contribution in [0.5, 0.6) is 5.75 Å². The van der Waals surface area contributed by atoms with Crippen LogP contribution in [0.15, 0.2) is 47.0 Å². The number of aromatic nitrogens is 2. The maximum Gasteiger partial charge on any atom is 0.276 e. The zero-order valence-electron chi connectivity index (χ0n) is 18.4. The minimum absolute atomic E-state index is 0.0588. The molecule has 1 saturated heterocycles. The molecule has 4 rings (SSSR count). The minimum atomic E-state index is -0.0588. The van der Waals surface area contributed by atoms with Crippen LogP contribution < -0.4 is 4.74 Å². The second kappa shape index (κ2) is 9.33. The van der Waals surface area contributed by atoms with Crippen LogP contribution in [0.3, 0.4) is 0 Å². The van der Waals surface area contributed by atoms with E-state index in [0.29, 0.717) is 12.2 Å². The van der Waals surface area contributed by atoms with Crippen molar-refractivity contribution in [3.63, 3.8) is 0 Å². The number of aryl methyl sites for hydroxylation is 2. The van der Waals surface area contributed by atoms with Crippen LogP contribution in [0.4, 0.5) is 0 Å². The van der Waals surface area contributed by atoms with E-state index in [9.17, 15) is 4.79 Å². The summed E-state index contributed by atoms with van der Waals surface area (Å²) in [6.07, 6.45) is 3.71. The van der Waals surface area contributed by atoms with E-state index in [1.165, 1.54) is 0 Å². The average Bonchev–Trinajstić information content (AvgIpc) is 3.27. The Morgan fingerprint density at radius 1 is 1.23 bits per heavy atom. The van der Waals surface area contributed by atoms with Crippen molar-refractivity contribution in [3.05, 3.63) is 65.3 Å². The summed E-state index contributed by atoms with van der Waals surface area (Å²) in [4.78, 5) is 19.7. The molecule has 0 saturated carbocycles. The molecular formula is C25H29N3O3. The lowest BCUT2D eigenvalue weighted by Gasteiger charge is -2.32. The number of hydrogen-bond donors (Lipinski definition) is 0. The molecule has 162 valence electrons. The first-order valence-electron chi connectivity index (χ1n) is 10.9. The lowest BCUT2D eigenvalue weighted by atomic mass is 9.92. The Morgan fingerprint density at radius 2 is 2.10 bits per heavy atom. The number of rotatable bonds is 6. The summed E-state index contributed by atoms with van der Waals surface area (Å²) in [6, 6.07) is 14.1. The third-order valence-corrected chi connectivity index (χ3v) is 5.78. The zero-order chi connectivity index (χ0) is 21.8. The van der Waals surface area contributed by atoms with Crippen molar-refractivity contribution in [2.75, 3.05) is 20.2 Å². The molecule has 0 unspecified atom stereocenters. The van der Waals surface area contributed by atoms with Crippen molar-refractivity contribution in [1.82, 2.24) is 15.0 Å². The van der Waals surface area contributed by atoms with E-state index in [4.69, 9.17) is 14.2 Å². The minimum Gasteiger partial charge on any atom is -0.497 e. The molecule has 0 spiro atoms. The maximum absolute atomic E-state index is 13.0. The number of benzene rings is 1. The van der Waals surface area contributed by atoms with Gasteiger partial charge in [0, 0.05) is 42.9 Å². The van der Waals surface area contributed by atoms with Crippen LogP contribution in [0.1, 0.15) is 59.7 Å². The predicted molar refractivity (Wildman–Crippen MR) is 119 cm³/mol. The van der Waals surface area contributed by atoms with E-state index in [0.717, 1.165) is 66.3 Å². The van der Waals surface area contributed by atoms with Crippen LogP contribution in [0, 0.1) is 6.92 Å². The van der Waals surface area contributed by atoms with Gasteiger partial charge in [-0.05, 0) is 61.6 Å². The second-order valence-corrected chi connectivity index (χ2v) is 8.17. The Balaban J connectivity index is 1.55. The SMILES string of the molecule is CCCc1cc(C(=O)N2CCC[C@H](c3cc(-c4cccc(OC)c4)cc(C)n3)C2)no1. The number of nitrogens with zero attached hydrogens (tertiary/aromatic N) is 3. The molecule has 2 aromatic heterocycles. The molecule has 1 fully saturated rings. The quantitative estimate of drug-likeness (QED) is 0.561. The second-order valence-electron chi connectivity index (χ2n) is 8.17. The van der Waals surface area contributed by atoms with E-state index in [1.807, 2.05) is 30.0 Å². The lowest BCUT2D eigenvalue weighted by Crippen LogP contribution is -2.39. The highest BCUT2D eigenvalue weighted by atomic mass is 16.5. The molecular weight excluding hydrogens is 390 g/mol. The van der Waals surface area contributed by atoms with E-state index in [2.05, 4.69) is 30.3 Å². The molecule has 1 aromatic carbocycles. The van der Waals surface area contributed by atoms with Crippen molar-refractivity contribution in [3.8, 4) is 16.9 Å². The van der Waals surface area contributed by atoms with Gasteiger partial charge in [-0.2, -0.15) is 0 Å². The van der Waals surface area contributed by atoms with Crippen molar-refractivity contribution < 1.29 is 14.1 Å². The average molecular weight is 420 g/mol. The number of hydrogen-bond acceptors (Lipinski definition) is 5. The van der Waals surface area contributed by atoms with Crippen LogP contribution in [0.25, 0.3) is 11.1 Å². The van der Waals surface area contributed by atoms with Crippen LogP contribution in [0.2, 0.25) is 0 Å². The molecule has 1 aliphatic rings. The molecule has 0 N–H and O–H groups in total. The molecule has 31 heavy (non-hydrogen) atoms. The number of amides is 1. The molecule has 6 heteroatoms. The number of likely N-dealkylation sites (tertiary alicyclic amines) is 1. The van der Waals surface area contributed by atoms with Gasteiger partial charge in [0.1, 0.15) is 11.5 Å². The summed E-state index contributed by atoms with van der Waals surface area (Å²) < 4.78 is 10.7. The Hall–Kier alpha value is -3.15. The molecule has 1 atom stereocenters. The van der Waals surface area contributed by atoms with Crippen molar-refractivity contribution in [2.45, 2.75) is 45.4 Å². The van der Waals surface area contributed by atoms with Crippen molar-refractivity contribution in [2.24, 2.45) is 0 Å². The molecule has 3 heterocycles. The van der Waals surface area contributed by atoms with E-state index >= 15 is 0 Å². The van der Waals surface area contributed by atoms with Crippen LogP contribution in [-0.2, 0) is 6.42 Å². The van der Waals surface area contributed by atoms with Gasteiger partial charge in [0.05, 0.1) is 7.11 Å². The maximum atomic E-state index is 13.0. The summed E-state index contributed by atoms with van der Waals surface area (Å²) >= 11 is 0. The van der Waals surface area contributed by atoms with E-state index in [-0.39, 0.29) is 11.8 Å². The molecule has 0 bridgehead atoms. The van der Waals surface area contributed by atoms with Gasteiger partial charge in [-0.15, -0.1) is 0 Å². The number of methoxy groups -OCH3 is 1. The van der Waals surface area contributed by atoms with Crippen LogP contribution in [-0.4, -0.2) is 41.1 Å². The first-order valence-corrected chi connectivity index (χ1v) is 10.9. The molecule has 3 aromatic rings. The summed E-state index contributed by atoms with van der Waals surface area (Å²) in [7, 11) is 1.68.